The molecule has 7 heteroatoms. The highest BCUT2D eigenvalue weighted by Crippen LogP contribution is 2.25. The summed E-state index contributed by atoms with van der Waals surface area (Å²) in [4.78, 5) is 12.5. The smallest absolute Gasteiger partial charge is 0.245 e. The minimum absolute atomic E-state index is 0.154. The number of thiophene rings is 1. The van der Waals surface area contributed by atoms with Gasteiger partial charge in [-0.25, -0.2) is 5.43 Å². The second-order valence-electron chi connectivity index (χ2n) is 3.32. The molecule has 0 saturated heterocycles. The molecule has 0 unspecified atom stereocenters. The van der Waals surface area contributed by atoms with Crippen molar-refractivity contribution in [1.29, 1.82) is 0 Å². The third kappa shape index (κ3) is 3.79. The molecular formula is C11H8Br2N2O2S. The zero-order valence-electron chi connectivity index (χ0n) is 9.02. The summed E-state index contributed by atoms with van der Waals surface area (Å²) >= 11 is 8.05. The molecule has 2 aromatic rings. The number of nitrogens with one attached hydrogen (secondary N) is 1. The highest BCUT2D eigenvalue weighted by atomic mass is 79.9. The third-order valence-electron chi connectivity index (χ3n) is 1.96. The Morgan fingerprint density at radius 3 is 3.00 bits per heavy atom. The van der Waals surface area contributed by atoms with Gasteiger partial charge in [0.25, 0.3) is 0 Å². The fourth-order valence-electron chi connectivity index (χ4n) is 1.21. The molecule has 18 heavy (non-hydrogen) atoms. The molecule has 0 atom stereocenters. The minimum Gasteiger partial charge on any atom is -0.447 e. The summed E-state index contributed by atoms with van der Waals surface area (Å²) in [5.74, 6) is 0.392. The number of carbonyl (C=O) groups is 1. The van der Waals surface area contributed by atoms with Crippen LogP contribution in [0.1, 0.15) is 10.6 Å². The normalized spacial score (nSPS) is 11.0. The molecule has 2 aromatic heterocycles. The number of rotatable bonds is 4. The largest absolute Gasteiger partial charge is 0.447 e. The van der Waals surface area contributed by atoms with E-state index in [0.717, 1.165) is 9.35 Å². The molecule has 0 bridgehead atoms. The van der Waals surface area contributed by atoms with Crippen LogP contribution < -0.4 is 5.43 Å². The zero-order chi connectivity index (χ0) is 13.0. The molecule has 0 saturated carbocycles. The van der Waals surface area contributed by atoms with Crippen LogP contribution in [-0.4, -0.2) is 12.1 Å². The SMILES string of the molecule is O=C(Cc1cccs1)N/N=C/c1cc(Br)c(Br)o1. The molecule has 0 aliphatic rings. The Hall–Kier alpha value is -0.920. The first-order valence-electron chi connectivity index (χ1n) is 4.94. The van der Waals surface area contributed by atoms with E-state index in [-0.39, 0.29) is 5.91 Å². The van der Waals surface area contributed by atoms with Crippen LogP contribution in [0, 0.1) is 0 Å². The van der Waals surface area contributed by atoms with E-state index in [9.17, 15) is 4.79 Å². The van der Waals surface area contributed by atoms with E-state index in [4.69, 9.17) is 4.42 Å². The highest BCUT2D eigenvalue weighted by Gasteiger charge is 2.04. The summed E-state index contributed by atoms with van der Waals surface area (Å²) in [6.07, 6.45) is 1.78. The Labute approximate surface area is 124 Å². The number of nitrogens with zero attached hydrogens (tertiary/aromatic N) is 1. The van der Waals surface area contributed by atoms with E-state index < -0.39 is 0 Å². The number of furan rings is 1. The molecule has 0 aromatic carbocycles. The average Bonchev–Trinajstić information content (AvgIpc) is 2.90. The maximum absolute atomic E-state index is 11.5. The number of amides is 1. The molecule has 1 amide bonds. The lowest BCUT2D eigenvalue weighted by molar-refractivity contribution is -0.120. The lowest BCUT2D eigenvalue weighted by Gasteiger charge is -1.95. The molecule has 0 spiro atoms. The van der Waals surface area contributed by atoms with Crippen LogP contribution in [0.2, 0.25) is 0 Å². The highest BCUT2D eigenvalue weighted by molar-refractivity contribution is 9.13. The first-order valence-corrected chi connectivity index (χ1v) is 7.41. The Balaban J connectivity index is 1.85. The summed E-state index contributed by atoms with van der Waals surface area (Å²) in [7, 11) is 0. The van der Waals surface area contributed by atoms with E-state index >= 15 is 0 Å². The lowest BCUT2D eigenvalue weighted by Crippen LogP contribution is -2.19. The molecule has 0 fully saturated rings. The number of carbonyl (C=O) groups excluding carboxylic acids is 1. The Bertz CT molecular complexity index is 544. The zero-order valence-corrected chi connectivity index (χ0v) is 13.0. The summed E-state index contributed by atoms with van der Waals surface area (Å²) < 4.78 is 6.66. The van der Waals surface area contributed by atoms with Crippen LogP contribution in [0.4, 0.5) is 0 Å². The van der Waals surface area contributed by atoms with Gasteiger partial charge < -0.3 is 4.42 Å². The molecule has 2 heterocycles. The third-order valence-corrected chi connectivity index (χ3v) is 4.55. The van der Waals surface area contributed by atoms with Gasteiger partial charge in [-0.05, 0) is 43.3 Å². The van der Waals surface area contributed by atoms with E-state index in [1.54, 1.807) is 17.4 Å². The molecule has 2 rings (SSSR count). The lowest BCUT2D eigenvalue weighted by atomic mass is 10.3. The minimum atomic E-state index is -0.154. The Morgan fingerprint density at radius 1 is 1.56 bits per heavy atom. The fourth-order valence-corrected chi connectivity index (χ4v) is 2.52. The van der Waals surface area contributed by atoms with Gasteiger partial charge in [0.15, 0.2) is 4.67 Å². The van der Waals surface area contributed by atoms with Gasteiger partial charge >= 0.3 is 0 Å². The molecule has 0 radical (unpaired) electrons. The number of hydrogen-bond donors (Lipinski definition) is 1. The van der Waals surface area contributed by atoms with Crippen molar-refractivity contribution in [3.05, 3.63) is 43.4 Å². The summed E-state index contributed by atoms with van der Waals surface area (Å²) in [6, 6.07) is 5.57. The van der Waals surface area contributed by atoms with Gasteiger partial charge in [-0.2, -0.15) is 5.10 Å². The van der Waals surface area contributed by atoms with E-state index in [1.807, 2.05) is 17.5 Å². The molecule has 0 aliphatic carbocycles. The van der Waals surface area contributed by atoms with Crippen molar-refractivity contribution >= 4 is 55.3 Å². The molecular weight excluding hydrogens is 384 g/mol. The van der Waals surface area contributed by atoms with Crippen LogP contribution in [0.5, 0.6) is 0 Å². The quantitative estimate of drug-likeness (QED) is 0.639. The van der Waals surface area contributed by atoms with Crippen molar-refractivity contribution in [1.82, 2.24) is 5.43 Å². The fraction of sp³-hybridized carbons (Fsp3) is 0.0909. The molecule has 0 aliphatic heterocycles. The molecule has 1 N–H and O–H groups in total. The summed E-state index contributed by atoms with van der Waals surface area (Å²) in [5, 5.41) is 5.76. The van der Waals surface area contributed by atoms with Gasteiger partial charge in [-0.1, -0.05) is 6.07 Å². The second-order valence-corrected chi connectivity index (χ2v) is 5.93. The average molecular weight is 392 g/mol. The van der Waals surface area contributed by atoms with Crippen molar-refractivity contribution in [3.63, 3.8) is 0 Å². The number of halogens is 2. The first kappa shape index (κ1) is 13.5. The first-order chi connectivity index (χ1) is 8.65. The van der Waals surface area contributed by atoms with E-state index in [1.165, 1.54) is 6.21 Å². The monoisotopic (exact) mass is 390 g/mol. The maximum atomic E-state index is 11.5. The Morgan fingerprint density at radius 2 is 2.39 bits per heavy atom. The van der Waals surface area contributed by atoms with Crippen LogP contribution in [0.3, 0.4) is 0 Å². The van der Waals surface area contributed by atoms with Crippen molar-refractivity contribution in [3.8, 4) is 0 Å². The van der Waals surface area contributed by atoms with Crippen LogP contribution in [-0.2, 0) is 11.2 Å². The predicted molar refractivity (Wildman–Crippen MR) is 77.9 cm³/mol. The topological polar surface area (TPSA) is 54.6 Å². The van der Waals surface area contributed by atoms with Crippen molar-refractivity contribution < 1.29 is 9.21 Å². The van der Waals surface area contributed by atoms with Crippen molar-refractivity contribution in [2.45, 2.75) is 6.42 Å². The summed E-state index contributed by atoms with van der Waals surface area (Å²) in [5.41, 5.74) is 2.44. The van der Waals surface area contributed by atoms with E-state index in [0.29, 0.717) is 16.9 Å². The predicted octanol–water partition coefficient (Wildman–Crippen LogP) is 3.56. The van der Waals surface area contributed by atoms with E-state index in [2.05, 4.69) is 42.4 Å². The Kier molecular flexibility index (Phi) is 4.73. The van der Waals surface area contributed by atoms with Gasteiger partial charge in [0.1, 0.15) is 5.76 Å². The molecule has 4 nitrogen and oxygen atoms in total. The number of hydrogen-bond acceptors (Lipinski definition) is 4. The maximum Gasteiger partial charge on any atom is 0.245 e. The van der Waals surface area contributed by atoms with Crippen LogP contribution in [0.25, 0.3) is 0 Å². The van der Waals surface area contributed by atoms with Crippen molar-refractivity contribution in [2.24, 2.45) is 5.10 Å². The van der Waals surface area contributed by atoms with Crippen molar-refractivity contribution in [2.75, 3.05) is 0 Å². The number of hydrazone groups is 1. The van der Waals surface area contributed by atoms with Gasteiger partial charge in [-0.15, -0.1) is 11.3 Å². The summed E-state index contributed by atoms with van der Waals surface area (Å²) in [6.45, 7) is 0. The second kappa shape index (κ2) is 6.31. The van der Waals surface area contributed by atoms with Gasteiger partial charge in [-0.3, -0.25) is 4.79 Å². The van der Waals surface area contributed by atoms with Gasteiger partial charge in [0.2, 0.25) is 5.91 Å². The van der Waals surface area contributed by atoms with Gasteiger partial charge in [0, 0.05) is 10.9 Å². The van der Waals surface area contributed by atoms with Crippen LogP contribution in [0.15, 0.2) is 42.2 Å². The van der Waals surface area contributed by atoms with Crippen LogP contribution >= 0.6 is 43.2 Å². The standard InChI is InChI=1S/C11H8Br2N2O2S/c12-9-4-7(17-11(9)13)6-14-15-10(16)5-8-2-1-3-18-8/h1-4,6H,5H2,(H,15,16)/b14-6+. The molecule has 94 valence electrons. The van der Waals surface area contributed by atoms with Gasteiger partial charge in [0.05, 0.1) is 17.1 Å².